The summed E-state index contributed by atoms with van der Waals surface area (Å²) in [7, 11) is 5.66. The molecule has 7 nitrogen and oxygen atoms in total. The number of benzene rings is 1. The molecule has 0 fully saturated rings. The van der Waals surface area contributed by atoms with Gasteiger partial charge >= 0.3 is 5.84 Å². The monoisotopic (exact) mass is 373 g/mol. The number of hydrogen-bond acceptors (Lipinski definition) is 5. The first-order valence-corrected chi connectivity index (χ1v) is 8.83. The van der Waals surface area contributed by atoms with Gasteiger partial charge in [0.15, 0.2) is 5.82 Å². The highest BCUT2D eigenvalue weighted by molar-refractivity contribution is 5.93. The molecule has 0 N–H and O–H groups in total. The van der Waals surface area contributed by atoms with Gasteiger partial charge in [0, 0.05) is 25.7 Å². The molecule has 2 heterocycles. The number of fused-ring (bicyclic) bond motifs is 1. The van der Waals surface area contributed by atoms with E-state index in [-0.39, 0.29) is 29.2 Å². The van der Waals surface area contributed by atoms with Crippen molar-refractivity contribution in [3.8, 4) is 11.4 Å². The molecule has 0 aliphatic carbocycles. The highest BCUT2D eigenvalue weighted by atomic mass is 19.1. The predicted octanol–water partition coefficient (Wildman–Crippen LogP) is 2.89. The number of amides is 1. The Labute approximate surface area is 157 Å². The molecule has 0 aliphatic heterocycles. The first-order valence-electron chi connectivity index (χ1n) is 8.83. The van der Waals surface area contributed by atoms with Crippen molar-refractivity contribution in [2.45, 2.75) is 19.8 Å². The van der Waals surface area contributed by atoms with E-state index in [1.54, 1.807) is 28.6 Å². The Morgan fingerprint density at radius 2 is 1.85 bits per heavy atom. The van der Waals surface area contributed by atoms with E-state index in [2.05, 4.69) is 10.1 Å². The maximum absolute atomic E-state index is 13.1. The molecule has 0 unspecified atom stereocenters. The fourth-order valence-electron chi connectivity index (χ4n) is 2.77. The van der Waals surface area contributed by atoms with Gasteiger partial charge in [0.25, 0.3) is 5.91 Å². The molecular formula is C19H24FN5O2. The lowest BCUT2D eigenvalue weighted by Crippen LogP contribution is -2.33. The molecule has 144 valence electrons. The maximum Gasteiger partial charge on any atom is 0.325 e. The minimum Gasteiger partial charge on any atom is -0.416 e. The largest absolute Gasteiger partial charge is 0.416 e. The number of rotatable bonds is 6. The van der Waals surface area contributed by atoms with Crippen LogP contribution in [-0.2, 0) is 0 Å². The molecule has 0 spiro atoms. The Morgan fingerprint density at radius 1 is 1.19 bits per heavy atom. The van der Waals surface area contributed by atoms with Gasteiger partial charge in [-0.3, -0.25) is 4.79 Å². The lowest BCUT2D eigenvalue weighted by Gasteiger charge is -2.19. The van der Waals surface area contributed by atoms with Crippen molar-refractivity contribution in [2.24, 2.45) is 0 Å². The topological polar surface area (TPSA) is 66.9 Å². The number of oxazole rings is 1. The standard InChI is InChI=1S/C19H24FN5O2/c1-12(2)15-16(18(26)24(5)11-10-23(3)4)27-19-21-17(22-25(15)19)13-6-8-14(20)9-7-13/h6-9,12H,10-11H2,1-5H3. The van der Waals surface area contributed by atoms with Crippen molar-refractivity contribution in [1.29, 1.82) is 0 Å². The average Bonchev–Trinajstić information content (AvgIpc) is 3.16. The van der Waals surface area contributed by atoms with E-state index in [4.69, 9.17) is 4.42 Å². The molecule has 0 aliphatic rings. The molecule has 8 heteroatoms. The van der Waals surface area contributed by atoms with E-state index in [9.17, 15) is 9.18 Å². The van der Waals surface area contributed by atoms with E-state index < -0.39 is 0 Å². The summed E-state index contributed by atoms with van der Waals surface area (Å²) in [6, 6.07) is 5.94. The van der Waals surface area contributed by atoms with Crippen molar-refractivity contribution in [3.05, 3.63) is 41.5 Å². The third-order valence-electron chi connectivity index (χ3n) is 4.30. The molecule has 0 radical (unpaired) electrons. The summed E-state index contributed by atoms with van der Waals surface area (Å²) in [6.07, 6.45) is 0. The molecule has 1 amide bonds. The van der Waals surface area contributed by atoms with Crippen LogP contribution in [0.5, 0.6) is 0 Å². The molecule has 0 atom stereocenters. The third kappa shape index (κ3) is 3.85. The second-order valence-electron chi connectivity index (χ2n) is 7.14. The Bertz CT molecular complexity index is 943. The quantitative estimate of drug-likeness (QED) is 0.665. The lowest BCUT2D eigenvalue weighted by molar-refractivity contribution is 0.0754. The van der Waals surface area contributed by atoms with Gasteiger partial charge in [-0.25, -0.2) is 4.39 Å². The van der Waals surface area contributed by atoms with Gasteiger partial charge in [0.1, 0.15) is 5.82 Å². The second-order valence-corrected chi connectivity index (χ2v) is 7.14. The highest BCUT2D eigenvalue weighted by Gasteiger charge is 2.27. The number of likely N-dealkylation sites (N-methyl/N-ethyl adjacent to an activating group) is 2. The fourth-order valence-corrected chi connectivity index (χ4v) is 2.77. The smallest absolute Gasteiger partial charge is 0.325 e. The molecular weight excluding hydrogens is 349 g/mol. The van der Waals surface area contributed by atoms with E-state index in [1.807, 2.05) is 32.8 Å². The summed E-state index contributed by atoms with van der Waals surface area (Å²) in [5, 5.41) is 4.48. The first-order chi connectivity index (χ1) is 12.8. The average molecular weight is 373 g/mol. The zero-order chi connectivity index (χ0) is 19.7. The SMILES string of the molecule is CC(C)c1c(C(=O)N(C)CCN(C)C)oc2nc(-c3ccc(F)cc3)nn12. The van der Waals surface area contributed by atoms with Crippen LogP contribution in [0.25, 0.3) is 17.2 Å². The van der Waals surface area contributed by atoms with Crippen LogP contribution in [0, 0.1) is 5.82 Å². The van der Waals surface area contributed by atoms with Crippen LogP contribution in [0.3, 0.4) is 0 Å². The molecule has 0 bridgehead atoms. The minimum absolute atomic E-state index is 0.00946. The number of hydrogen-bond donors (Lipinski definition) is 0. The van der Waals surface area contributed by atoms with Crippen LogP contribution in [0.15, 0.2) is 28.7 Å². The molecule has 3 aromatic rings. The van der Waals surface area contributed by atoms with E-state index in [0.717, 1.165) is 6.54 Å². The lowest BCUT2D eigenvalue weighted by atomic mass is 10.1. The van der Waals surface area contributed by atoms with Crippen molar-refractivity contribution >= 4 is 11.8 Å². The predicted molar refractivity (Wildman–Crippen MR) is 100 cm³/mol. The van der Waals surface area contributed by atoms with Gasteiger partial charge < -0.3 is 14.2 Å². The van der Waals surface area contributed by atoms with Gasteiger partial charge in [-0.1, -0.05) is 13.8 Å². The van der Waals surface area contributed by atoms with Gasteiger partial charge in [-0.05, 0) is 44.3 Å². The third-order valence-corrected chi connectivity index (χ3v) is 4.30. The van der Waals surface area contributed by atoms with E-state index in [1.165, 1.54) is 12.1 Å². The van der Waals surface area contributed by atoms with Crippen molar-refractivity contribution < 1.29 is 13.6 Å². The number of carbonyl (C=O) groups is 1. The Balaban J connectivity index is 1.97. The van der Waals surface area contributed by atoms with Gasteiger partial charge in [0.2, 0.25) is 5.76 Å². The van der Waals surface area contributed by atoms with Crippen LogP contribution < -0.4 is 0 Å². The molecule has 27 heavy (non-hydrogen) atoms. The van der Waals surface area contributed by atoms with Crippen molar-refractivity contribution in [1.82, 2.24) is 24.4 Å². The number of carbonyl (C=O) groups excluding carboxylic acids is 1. The van der Waals surface area contributed by atoms with E-state index >= 15 is 0 Å². The van der Waals surface area contributed by atoms with Crippen LogP contribution in [0.1, 0.15) is 36.0 Å². The zero-order valence-corrected chi connectivity index (χ0v) is 16.2. The van der Waals surface area contributed by atoms with Crippen LogP contribution in [0.2, 0.25) is 0 Å². The van der Waals surface area contributed by atoms with Gasteiger partial charge in [0.05, 0.1) is 5.69 Å². The Kier molecular flexibility index (Phi) is 5.27. The molecule has 1 aromatic carbocycles. The summed E-state index contributed by atoms with van der Waals surface area (Å²) in [5.74, 6) is 0.425. The second kappa shape index (κ2) is 7.48. The number of halogens is 1. The fraction of sp³-hybridized carbons (Fsp3) is 0.421. The number of nitrogens with zero attached hydrogens (tertiary/aromatic N) is 5. The molecule has 3 rings (SSSR count). The minimum atomic E-state index is -0.321. The van der Waals surface area contributed by atoms with Crippen molar-refractivity contribution in [3.63, 3.8) is 0 Å². The van der Waals surface area contributed by atoms with Crippen LogP contribution in [0.4, 0.5) is 4.39 Å². The summed E-state index contributed by atoms with van der Waals surface area (Å²) < 4.78 is 20.5. The highest BCUT2D eigenvalue weighted by Crippen LogP contribution is 2.26. The Morgan fingerprint density at radius 3 is 2.44 bits per heavy atom. The van der Waals surface area contributed by atoms with Crippen LogP contribution >= 0.6 is 0 Å². The van der Waals surface area contributed by atoms with E-state index in [0.29, 0.717) is 23.6 Å². The summed E-state index contributed by atoms with van der Waals surface area (Å²) in [4.78, 5) is 20.9. The van der Waals surface area contributed by atoms with Gasteiger partial charge in [-0.15, -0.1) is 5.10 Å². The summed E-state index contributed by atoms with van der Waals surface area (Å²) in [6.45, 7) is 5.28. The number of aromatic nitrogens is 3. The van der Waals surface area contributed by atoms with Crippen molar-refractivity contribution in [2.75, 3.05) is 34.2 Å². The maximum atomic E-state index is 13.1. The van der Waals surface area contributed by atoms with Gasteiger partial charge in [-0.2, -0.15) is 9.50 Å². The Hall–Kier alpha value is -2.74. The van der Waals surface area contributed by atoms with Crippen LogP contribution in [-0.4, -0.2) is 64.5 Å². The first kappa shape index (κ1) is 19.0. The summed E-state index contributed by atoms with van der Waals surface area (Å²) >= 11 is 0. The summed E-state index contributed by atoms with van der Waals surface area (Å²) in [5.41, 5.74) is 1.36. The normalized spacial score (nSPS) is 11.7. The zero-order valence-electron chi connectivity index (χ0n) is 16.2. The molecule has 0 saturated carbocycles. The molecule has 2 aromatic heterocycles. The molecule has 0 saturated heterocycles.